The van der Waals surface area contributed by atoms with Crippen LogP contribution in [0.15, 0.2) is 16.6 Å². The highest BCUT2D eigenvalue weighted by Crippen LogP contribution is 2.45. The summed E-state index contributed by atoms with van der Waals surface area (Å²) in [5.41, 5.74) is 1.10. The topological polar surface area (TPSA) is 59.3 Å². The van der Waals surface area contributed by atoms with Crippen molar-refractivity contribution in [2.24, 2.45) is 5.41 Å². The Morgan fingerprint density at radius 1 is 1.33 bits per heavy atom. The lowest BCUT2D eigenvalue weighted by atomic mass is 9.80. The van der Waals surface area contributed by atoms with Crippen molar-refractivity contribution in [2.75, 3.05) is 26.2 Å². The number of nitrogens with one attached hydrogen (secondary N) is 1. The Kier molecular flexibility index (Phi) is 4.92. The van der Waals surface area contributed by atoms with Gasteiger partial charge < -0.3 is 10.4 Å². The molecule has 21 heavy (non-hydrogen) atoms. The SMILES string of the molecule is CC(C)(C)[C@@H](c1c(Br)ccc(C#N)c1O)N1CCNCC1. The highest BCUT2D eigenvalue weighted by molar-refractivity contribution is 9.10. The van der Waals surface area contributed by atoms with Crippen molar-refractivity contribution in [3.8, 4) is 11.8 Å². The van der Waals surface area contributed by atoms with Crippen molar-refractivity contribution in [3.05, 3.63) is 27.7 Å². The minimum absolute atomic E-state index is 0.0502. The Morgan fingerprint density at radius 3 is 2.48 bits per heavy atom. The molecule has 2 N–H and O–H groups in total. The van der Waals surface area contributed by atoms with Gasteiger partial charge >= 0.3 is 0 Å². The number of hydrogen-bond acceptors (Lipinski definition) is 4. The molecule has 1 fully saturated rings. The number of halogens is 1. The molecule has 0 amide bonds. The van der Waals surface area contributed by atoms with E-state index in [1.165, 1.54) is 0 Å². The number of nitrogens with zero attached hydrogens (tertiary/aromatic N) is 2. The van der Waals surface area contributed by atoms with E-state index in [1.807, 2.05) is 6.07 Å². The van der Waals surface area contributed by atoms with E-state index >= 15 is 0 Å². The number of nitriles is 1. The zero-order valence-corrected chi connectivity index (χ0v) is 14.4. The molecule has 0 aliphatic carbocycles. The quantitative estimate of drug-likeness (QED) is 0.859. The van der Waals surface area contributed by atoms with Gasteiger partial charge in [-0.1, -0.05) is 36.7 Å². The molecular formula is C16H22BrN3O. The first-order chi connectivity index (χ1) is 9.86. The van der Waals surface area contributed by atoms with Crippen LogP contribution in [0.2, 0.25) is 0 Å². The highest BCUT2D eigenvalue weighted by atomic mass is 79.9. The number of phenolic OH excluding ortho intramolecular Hbond substituents is 1. The average molecular weight is 352 g/mol. The zero-order chi connectivity index (χ0) is 15.6. The van der Waals surface area contributed by atoms with Crippen LogP contribution in [-0.4, -0.2) is 36.2 Å². The first-order valence-electron chi connectivity index (χ1n) is 7.22. The average Bonchev–Trinajstić information content (AvgIpc) is 2.43. The van der Waals surface area contributed by atoms with Crippen LogP contribution in [0.4, 0.5) is 0 Å². The lowest BCUT2D eigenvalue weighted by Crippen LogP contribution is -2.48. The Balaban J connectivity index is 2.54. The summed E-state index contributed by atoms with van der Waals surface area (Å²) in [6, 6.07) is 5.64. The van der Waals surface area contributed by atoms with Gasteiger partial charge in [0, 0.05) is 42.3 Å². The van der Waals surface area contributed by atoms with Gasteiger partial charge in [-0.05, 0) is 17.5 Å². The third-order valence-electron chi connectivity index (χ3n) is 3.89. The minimum atomic E-state index is -0.0502. The van der Waals surface area contributed by atoms with Crippen LogP contribution in [0.5, 0.6) is 5.75 Å². The Labute approximate surface area is 134 Å². The predicted octanol–water partition coefficient (Wildman–Crippen LogP) is 3.02. The lowest BCUT2D eigenvalue weighted by Gasteiger charge is -2.43. The van der Waals surface area contributed by atoms with Gasteiger partial charge in [0.05, 0.1) is 5.56 Å². The molecule has 0 spiro atoms. The molecule has 1 heterocycles. The van der Waals surface area contributed by atoms with Gasteiger partial charge in [0.15, 0.2) is 0 Å². The zero-order valence-electron chi connectivity index (χ0n) is 12.8. The molecule has 1 atom stereocenters. The molecule has 1 aromatic carbocycles. The summed E-state index contributed by atoms with van der Waals surface area (Å²) in [5, 5.41) is 23.1. The summed E-state index contributed by atoms with van der Waals surface area (Å²) in [6.45, 7) is 10.3. The van der Waals surface area contributed by atoms with Crippen molar-refractivity contribution < 1.29 is 5.11 Å². The van der Waals surface area contributed by atoms with Gasteiger partial charge in [-0.25, -0.2) is 0 Å². The Bertz CT molecular complexity index is 554. The maximum absolute atomic E-state index is 10.5. The summed E-state index contributed by atoms with van der Waals surface area (Å²) >= 11 is 3.56. The molecule has 1 aliphatic rings. The van der Waals surface area contributed by atoms with E-state index in [0.29, 0.717) is 5.56 Å². The fraction of sp³-hybridized carbons (Fsp3) is 0.562. The predicted molar refractivity (Wildman–Crippen MR) is 87.2 cm³/mol. The molecule has 1 aliphatic heterocycles. The van der Waals surface area contributed by atoms with Gasteiger partial charge in [0.2, 0.25) is 0 Å². The molecule has 0 bridgehead atoms. The fourth-order valence-corrected chi connectivity index (χ4v) is 3.57. The second-order valence-corrected chi connectivity index (χ2v) is 7.38. The standard InChI is InChI=1S/C16H22BrN3O/c1-16(2,3)15(20-8-6-19-7-9-20)13-12(17)5-4-11(10-18)14(13)21/h4-5,15,19,21H,6-9H2,1-3H3/t15-/m1/s1. The molecule has 0 radical (unpaired) electrons. The monoisotopic (exact) mass is 351 g/mol. The van der Waals surface area contributed by atoms with Crippen LogP contribution in [0.3, 0.4) is 0 Å². The van der Waals surface area contributed by atoms with Gasteiger partial charge in [-0.15, -0.1) is 0 Å². The summed E-state index contributed by atoms with van der Waals surface area (Å²) in [4.78, 5) is 2.39. The molecule has 1 aromatic rings. The van der Waals surface area contributed by atoms with Crippen LogP contribution < -0.4 is 5.32 Å². The van der Waals surface area contributed by atoms with E-state index in [2.05, 4.69) is 53.0 Å². The van der Waals surface area contributed by atoms with Gasteiger partial charge in [0.25, 0.3) is 0 Å². The van der Waals surface area contributed by atoms with Crippen LogP contribution in [0, 0.1) is 16.7 Å². The highest BCUT2D eigenvalue weighted by Gasteiger charge is 2.36. The third-order valence-corrected chi connectivity index (χ3v) is 4.59. The second kappa shape index (κ2) is 6.35. The first-order valence-corrected chi connectivity index (χ1v) is 8.01. The molecule has 0 aromatic heterocycles. The number of rotatable bonds is 2. The summed E-state index contributed by atoms with van der Waals surface area (Å²) in [5.74, 6) is 0.102. The minimum Gasteiger partial charge on any atom is -0.506 e. The van der Waals surface area contributed by atoms with E-state index < -0.39 is 0 Å². The lowest BCUT2D eigenvalue weighted by molar-refractivity contribution is 0.0837. The van der Waals surface area contributed by atoms with Crippen LogP contribution in [0.1, 0.15) is 37.9 Å². The maximum atomic E-state index is 10.5. The van der Waals surface area contributed by atoms with E-state index in [9.17, 15) is 10.4 Å². The van der Waals surface area contributed by atoms with E-state index in [1.54, 1.807) is 6.07 Å². The van der Waals surface area contributed by atoms with Gasteiger partial charge in [-0.3, -0.25) is 4.90 Å². The van der Waals surface area contributed by atoms with E-state index in [-0.39, 0.29) is 17.2 Å². The van der Waals surface area contributed by atoms with Crippen molar-refractivity contribution in [3.63, 3.8) is 0 Å². The molecule has 4 nitrogen and oxygen atoms in total. The number of piperazine rings is 1. The molecule has 114 valence electrons. The summed E-state index contributed by atoms with van der Waals surface area (Å²) in [7, 11) is 0. The smallest absolute Gasteiger partial charge is 0.139 e. The van der Waals surface area contributed by atoms with Gasteiger partial charge in [0.1, 0.15) is 11.8 Å². The van der Waals surface area contributed by atoms with Gasteiger partial charge in [-0.2, -0.15) is 5.26 Å². The Morgan fingerprint density at radius 2 is 1.95 bits per heavy atom. The van der Waals surface area contributed by atoms with Crippen molar-refractivity contribution in [1.82, 2.24) is 10.2 Å². The van der Waals surface area contributed by atoms with Crippen LogP contribution in [-0.2, 0) is 0 Å². The van der Waals surface area contributed by atoms with E-state index in [4.69, 9.17) is 0 Å². The maximum Gasteiger partial charge on any atom is 0.139 e. The van der Waals surface area contributed by atoms with Crippen molar-refractivity contribution >= 4 is 15.9 Å². The number of aromatic hydroxyl groups is 1. The number of hydrogen-bond donors (Lipinski definition) is 2. The van der Waals surface area contributed by atoms with Crippen molar-refractivity contribution in [2.45, 2.75) is 26.8 Å². The molecule has 5 heteroatoms. The summed E-state index contributed by atoms with van der Waals surface area (Å²) < 4.78 is 0.859. The molecule has 2 rings (SSSR count). The van der Waals surface area contributed by atoms with Crippen molar-refractivity contribution in [1.29, 1.82) is 5.26 Å². The number of phenols is 1. The molecule has 1 saturated heterocycles. The normalized spacial score (nSPS) is 18.2. The van der Waals surface area contributed by atoms with Crippen LogP contribution >= 0.6 is 15.9 Å². The van der Waals surface area contributed by atoms with Crippen LogP contribution in [0.25, 0.3) is 0 Å². The number of benzene rings is 1. The largest absolute Gasteiger partial charge is 0.506 e. The molecule has 0 saturated carbocycles. The fourth-order valence-electron chi connectivity index (χ4n) is 3.04. The molecular weight excluding hydrogens is 330 g/mol. The molecule has 0 unspecified atom stereocenters. The van der Waals surface area contributed by atoms with E-state index in [0.717, 1.165) is 36.2 Å². The second-order valence-electron chi connectivity index (χ2n) is 6.52. The Hall–Kier alpha value is -1.09. The first kappa shape index (κ1) is 16.3. The third kappa shape index (κ3) is 3.39. The summed E-state index contributed by atoms with van der Waals surface area (Å²) in [6.07, 6.45) is 0.